The summed E-state index contributed by atoms with van der Waals surface area (Å²) in [4.78, 5) is 13.6. The van der Waals surface area contributed by atoms with Crippen molar-refractivity contribution in [3.63, 3.8) is 0 Å². The van der Waals surface area contributed by atoms with Gasteiger partial charge in [0.2, 0.25) is 0 Å². The number of hydrogen-bond donors (Lipinski definition) is 3. The third kappa shape index (κ3) is 5.47. The van der Waals surface area contributed by atoms with Gasteiger partial charge in [0, 0.05) is 74.6 Å². The van der Waals surface area contributed by atoms with Gasteiger partial charge < -0.3 is 21.7 Å². The van der Waals surface area contributed by atoms with Crippen LogP contribution in [-0.2, 0) is 6.54 Å². The number of nitrogens with zero attached hydrogens (tertiary/aromatic N) is 4. The molecule has 0 bridgehead atoms. The van der Waals surface area contributed by atoms with Crippen molar-refractivity contribution in [1.82, 2.24) is 20.2 Å². The predicted molar refractivity (Wildman–Crippen MR) is 143 cm³/mol. The number of piperazine rings is 1. The van der Waals surface area contributed by atoms with Crippen LogP contribution in [0.2, 0.25) is 0 Å². The molecular weight excluding hydrogens is 472 g/mol. The van der Waals surface area contributed by atoms with Crippen LogP contribution in [0.4, 0.5) is 14.6 Å². The van der Waals surface area contributed by atoms with E-state index in [0.29, 0.717) is 24.5 Å². The lowest BCUT2D eigenvalue weighted by molar-refractivity contribution is 0.242. The highest BCUT2D eigenvalue weighted by atomic mass is 19.1. The normalized spacial score (nSPS) is 17.1. The maximum Gasteiger partial charge on any atom is 0.130 e. The van der Waals surface area contributed by atoms with E-state index in [1.54, 1.807) is 0 Å². The monoisotopic (exact) mass is 503 g/mol. The Morgan fingerprint density at radius 1 is 1.00 bits per heavy atom. The highest BCUT2D eigenvalue weighted by Gasteiger charge is 2.21. The molecule has 1 aromatic carbocycles. The third-order valence-corrected chi connectivity index (χ3v) is 6.97. The van der Waals surface area contributed by atoms with E-state index < -0.39 is 11.6 Å². The van der Waals surface area contributed by atoms with Gasteiger partial charge in [-0.25, -0.2) is 13.8 Å². The first-order chi connectivity index (χ1) is 18.0. The van der Waals surface area contributed by atoms with Gasteiger partial charge >= 0.3 is 0 Å². The average Bonchev–Trinajstić information content (AvgIpc) is 2.95. The van der Waals surface area contributed by atoms with E-state index in [4.69, 9.17) is 16.5 Å². The Hall–Kier alpha value is -3.82. The highest BCUT2D eigenvalue weighted by molar-refractivity contribution is 5.81. The van der Waals surface area contributed by atoms with Crippen LogP contribution in [0.25, 0.3) is 22.4 Å². The molecule has 9 heteroatoms. The van der Waals surface area contributed by atoms with Gasteiger partial charge in [-0.05, 0) is 54.4 Å². The summed E-state index contributed by atoms with van der Waals surface area (Å²) < 4.78 is 28.1. The summed E-state index contributed by atoms with van der Waals surface area (Å²) in [6.45, 7) is 4.85. The number of anilines is 1. The summed E-state index contributed by atoms with van der Waals surface area (Å²) in [5, 5.41) is 3.33. The molecule has 0 aliphatic carbocycles. The van der Waals surface area contributed by atoms with Crippen molar-refractivity contribution in [2.75, 3.05) is 44.2 Å². The molecule has 0 amide bonds. The fourth-order valence-electron chi connectivity index (χ4n) is 4.83. The summed E-state index contributed by atoms with van der Waals surface area (Å²) >= 11 is 0. The van der Waals surface area contributed by atoms with Crippen molar-refractivity contribution in [1.29, 1.82) is 0 Å². The van der Waals surface area contributed by atoms with Crippen molar-refractivity contribution in [3.05, 3.63) is 89.5 Å². The lowest BCUT2D eigenvalue weighted by Gasteiger charge is -2.35. The number of hydrogen-bond acceptors (Lipinski definition) is 7. The van der Waals surface area contributed by atoms with Crippen LogP contribution >= 0.6 is 0 Å². The minimum absolute atomic E-state index is 0.121. The molecule has 1 saturated heterocycles. The van der Waals surface area contributed by atoms with Crippen LogP contribution in [0.1, 0.15) is 23.2 Å². The molecule has 2 aliphatic heterocycles. The Balaban J connectivity index is 1.31. The number of pyridine rings is 2. The zero-order valence-corrected chi connectivity index (χ0v) is 20.6. The molecule has 2 aromatic heterocycles. The summed E-state index contributed by atoms with van der Waals surface area (Å²) in [6.07, 6.45) is 8.18. The van der Waals surface area contributed by atoms with Crippen LogP contribution in [-0.4, -0.2) is 54.1 Å². The van der Waals surface area contributed by atoms with Gasteiger partial charge in [0.15, 0.2) is 0 Å². The van der Waals surface area contributed by atoms with Gasteiger partial charge in [0.1, 0.15) is 17.5 Å². The first-order valence-electron chi connectivity index (χ1n) is 12.5. The summed E-state index contributed by atoms with van der Waals surface area (Å²) in [6, 6.07) is 10.1. The molecule has 192 valence electrons. The number of halogens is 2. The Morgan fingerprint density at radius 3 is 2.41 bits per heavy atom. The van der Waals surface area contributed by atoms with Crippen molar-refractivity contribution in [3.8, 4) is 11.1 Å². The van der Waals surface area contributed by atoms with E-state index in [1.165, 1.54) is 30.0 Å². The van der Waals surface area contributed by atoms with Crippen LogP contribution in [0.15, 0.2) is 61.1 Å². The zero-order valence-electron chi connectivity index (χ0n) is 20.6. The summed E-state index contributed by atoms with van der Waals surface area (Å²) in [5.74, 6) is -0.145. The summed E-state index contributed by atoms with van der Waals surface area (Å²) in [7, 11) is 0. The van der Waals surface area contributed by atoms with E-state index in [-0.39, 0.29) is 12.1 Å². The quantitative estimate of drug-likeness (QED) is 0.475. The lowest BCUT2D eigenvalue weighted by Crippen LogP contribution is -2.46. The molecule has 3 aromatic rings. The van der Waals surface area contributed by atoms with Crippen LogP contribution < -0.4 is 21.7 Å². The number of nitrogens with two attached hydrogens (primary N) is 2. The van der Waals surface area contributed by atoms with Crippen molar-refractivity contribution in [2.45, 2.75) is 13.0 Å². The Labute approximate surface area is 215 Å². The van der Waals surface area contributed by atoms with Gasteiger partial charge in [-0.15, -0.1) is 0 Å². The SMILES string of the molecule is NC=C(N)c1ncc(C2=CCNCC2)cc1-c1ccc(N2CCN(Cc3c(F)cccc3F)CC2)nc1. The van der Waals surface area contributed by atoms with E-state index in [0.717, 1.165) is 55.1 Å². The maximum atomic E-state index is 14.0. The molecule has 0 radical (unpaired) electrons. The second-order valence-corrected chi connectivity index (χ2v) is 9.29. The Morgan fingerprint density at radius 2 is 1.76 bits per heavy atom. The molecule has 1 fully saturated rings. The molecule has 5 N–H and O–H groups in total. The first kappa shape index (κ1) is 24.9. The first-order valence-corrected chi connectivity index (χ1v) is 12.5. The molecule has 0 atom stereocenters. The van der Waals surface area contributed by atoms with Crippen LogP contribution in [0.3, 0.4) is 0 Å². The van der Waals surface area contributed by atoms with E-state index in [2.05, 4.69) is 32.2 Å². The molecule has 7 nitrogen and oxygen atoms in total. The molecule has 4 heterocycles. The standard InChI is InChI=1S/C28H31F2N7/c29-24-2-1-3-25(30)23(24)18-36-10-12-37(13-11-36)27-5-4-20(16-34-27)22-14-21(19-6-8-33-9-7-19)17-35-28(22)26(32)15-31/h1-6,14-17,33H,7-13,18,31-32H2. The lowest BCUT2D eigenvalue weighted by atomic mass is 9.96. The molecule has 2 aliphatic rings. The molecule has 0 saturated carbocycles. The summed E-state index contributed by atoms with van der Waals surface area (Å²) in [5.41, 5.74) is 17.1. The topological polar surface area (TPSA) is 96.3 Å². The molecular formula is C28H31F2N7. The van der Waals surface area contributed by atoms with E-state index in [9.17, 15) is 8.78 Å². The smallest absolute Gasteiger partial charge is 0.130 e. The number of nitrogens with one attached hydrogen (secondary N) is 1. The third-order valence-electron chi connectivity index (χ3n) is 6.97. The van der Waals surface area contributed by atoms with E-state index in [1.807, 2.05) is 24.5 Å². The van der Waals surface area contributed by atoms with Crippen molar-refractivity contribution < 1.29 is 8.78 Å². The molecule has 5 rings (SSSR count). The second kappa shape index (κ2) is 11.1. The Bertz CT molecular complexity index is 1290. The minimum Gasteiger partial charge on any atom is -0.403 e. The molecule has 0 spiro atoms. The van der Waals surface area contributed by atoms with E-state index >= 15 is 0 Å². The van der Waals surface area contributed by atoms with Crippen molar-refractivity contribution in [2.24, 2.45) is 11.5 Å². The number of benzene rings is 1. The predicted octanol–water partition coefficient (Wildman–Crippen LogP) is 3.34. The zero-order chi connectivity index (χ0) is 25.8. The second-order valence-electron chi connectivity index (χ2n) is 9.29. The largest absolute Gasteiger partial charge is 0.403 e. The van der Waals surface area contributed by atoms with Gasteiger partial charge in [-0.1, -0.05) is 12.1 Å². The fourth-order valence-corrected chi connectivity index (χ4v) is 4.83. The highest BCUT2D eigenvalue weighted by Crippen LogP contribution is 2.30. The van der Waals surface area contributed by atoms with Crippen LogP contribution in [0, 0.1) is 11.6 Å². The number of rotatable bonds is 6. The molecule has 0 unspecified atom stereocenters. The van der Waals surface area contributed by atoms with Gasteiger partial charge in [-0.2, -0.15) is 0 Å². The average molecular weight is 504 g/mol. The van der Waals surface area contributed by atoms with Gasteiger partial charge in [0.05, 0.1) is 11.4 Å². The Kier molecular flexibility index (Phi) is 7.43. The minimum atomic E-state index is -0.501. The maximum absolute atomic E-state index is 14.0. The molecule has 37 heavy (non-hydrogen) atoms. The number of aromatic nitrogens is 2. The van der Waals surface area contributed by atoms with Gasteiger partial charge in [-0.3, -0.25) is 9.88 Å². The fraction of sp³-hybridized carbons (Fsp3) is 0.286. The van der Waals surface area contributed by atoms with Gasteiger partial charge in [0.25, 0.3) is 0 Å². The van der Waals surface area contributed by atoms with Crippen LogP contribution in [0.5, 0.6) is 0 Å². The van der Waals surface area contributed by atoms with Crippen molar-refractivity contribution >= 4 is 17.1 Å².